The van der Waals surface area contributed by atoms with E-state index in [0.717, 1.165) is 11.3 Å². The van der Waals surface area contributed by atoms with Crippen molar-refractivity contribution in [2.24, 2.45) is 4.99 Å². The van der Waals surface area contributed by atoms with Crippen LogP contribution in [0.5, 0.6) is 11.5 Å². The summed E-state index contributed by atoms with van der Waals surface area (Å²) < 4.78 is 48.2. The van der Waals surface area contributed by atoms with Crippen molar-refractivity contribution in [3.05, 3.63) is 72.6 Å². The first-order valence-electron chi connectivity index (χ1n) is 14.0. The number of carbonyl (C=O) groups is 2. The van der Waals surface area contributed by atoms with Gasteiger partial charge in [0.25, 0.3) is 0 Å². The molecule has 1 saturated heterocycles. The van der Waals surface area contributed by atoms with Crippen LogP contribution in [0.1, 0.15) is 25.3 Å². The number of amidine groups is 1. The fraction of sp³-hybridized carbons (Fsp3) is 0.258. The van der Waals surface area contributed by atoms with Crippen LogP contribution < -0.4 is 24.6 Å². The number of amides is 3. The molecule has 1 aliphatic rings. The quantitative estimate of drug-likeness (QED) is 0.224. The molecular weight excluding hydrogens is 623 g/mol. The van der Waals surface area contributed by atoms with Crippen LogP contribution in [0.2, 0.25) is 0 Å². The van der Waals surface area contributed by atoms with Gasteiger partial charge in [-0.3, -0.25) is 9.69 Å². The molecule has 15 heteroatoms. The number of anilines is 3. The van der Waals surface area contributed by atoms with Crippen molar-refractivity contribution in [2.45, 2.75) is 26.1 Å². The van der Waals surface area contributed by atoms with E-state index in [1.807, 2.05) is 51.0 Å². The summed E-state index contributed by atoms with van der Waals surface area (Å²) in [4.78, 5) is 38.1. The highest BCUT2D eigenvalue weighted by Gasteiger charge is 2.33. The topological polar surface area (TPSA) is 114 Å². The Morgan fingerprint density at radius 1 is 1.09 bits per heavy atom. The van der Waals surface area contributed by atoms with Gasteiger partial charge in [-0.25, -0.2) is 14.5 Å². The molecule has 11 nitrogen and oxygen atoms in total. The fourth-order valence-electron chi connectivity index (χ4n) is 4.66. The Bertz CT molecular complexity index is 1790. The van der Waals surface area contributed by atoms with Crippen molar-refractivity contribution in [2.75, 3.05) is 42.1 Å². The minimum Gasteiger partial charge on any atom is -0.495 e. The number of methoxy groups -OCH3 is 1. The van der Waals surface area contributed by atoms with E-state index in [4.69, 9.17) is 4.74 Å². The number of rotatable bonds is 8. The lowest BCUT2D eigenvalue weighted by Crippen LogP contribution is -2.31. The number of ether oxygens (including phenoxy) is 2. The third-order valence-electron chi connectivity index (χ3n) is 6.88. The second kappa shape index (κ2) is 13.1. The van der Waals surface area contributed by atoms with Crippen LogP contribution in [0.3, 0.4) is 0 Å². The Labute approximate surface area is 267 Å². The van der Waals surface area contributed by atoms with Crippen molar-refractivity contribution in [1.82, 2.24) is 14.8 Å². The number of aromatic nitrogens is 3. The van der Waals surface area contributed by atoms with Gasteiger partial charge in [0.2, 0.25) is 5.91 Å². The smallest absolute Gasteiger partial charge is 0.495 e. The molecular formula is C31H30F3N7O4S. The van der Waals surface area contributed by atoms with Crippen LogP contribution in [0.4, 0.5) is 35.0 Å². The molecule has 2 heterocycles. The number of halogens is 3. The van der Waals surface area contributed by atoms with E-state index in [1.54, 1.807) is 18.2 Å². The zero-order valence-corrected chi connectivity index (χ0v) is 26.3. The average molecular weight is 654 g/mol. The summed E-state index contributed by atoms with van der Waals surface area (Å²) in [5.74, 6) is 0.372. The van der Waals surface area contributed by atoms with Crippen LogP contribution in [-0.2, 0) is 4.79 Å². The number of hydrogen-bond acceptors (Lipinski definition) is 8. The van der Waals surface area contributed by atoms with E-state index < -0.39 is 12.4 Å². The third-order valence-corrected chi connectivity index (χ3v) is 7.81. The molecule has 0 saturated carbocycles. The zero-order valence-electron chi connectivity index (χ0n) is 25.5. The number of thioether (sulfide) groups is 1. The Morgan fingerprint density at radius 2 is 1.83 bits per heavy atom. The largest absolute Gasteiger partial charge is 0.573 e. The molecule has 5 rings (SSSR count). The first kappa shape index (κ1) is 32.3. The molecule has 1 aliphatic heterocycles. The van der Waals surface area contributed by atoms with Crippen molar-refractivity contribution in [1.29, 1.82) is 0 Å². The molecule has 1 N–H and O–H groups in total. The summed E-state index contributed by atoms with van der Waals surface area (Å²) in [6.07, 6.45) is -3.37. The molecule has 0 spiro atoms. The van der Waals surface area contributed by atoms with E-state index >= 15 is 0 Å². The summed E-state index contributed by atoms with van der Waals surface area (Å²) in [7, 11) is 5.27. The van der Waals surface area contributed by atoms with Crippen LogP contribution in [0, 0.1) is 0 Å². The first-order valence-corrected chi connectivity index (χ1v) is 14.9. The van der Waals surface area contributed by atoms with E-state index in [0.29, 0.717) is 34.2 Å². The van der Waals surface area contributed by atoms with Crippen molar-refractivity contribution < 1.29 is 32.2 Å². The van der Waals surface area contributed by atoms with Crippen molar-refractivity contribution >= 4 is 45.9 Å². The van der Waals surface area contributed by atoms with Gasteiger partial charge in [-0.15, -0.1) is 18.3 Å². The lowest BCUT2D eigenvalue weighted by atomic mass is 9.99. The van der Waals surface area contributed by atoms with Crippen LogP contribution in [0.25, 0.3) is 17.1 Å². The Hall–Kier alpha value is -5.05. The molecule has 3 aromatic carbocycles. The van der Waals surface area contributed by atoms with Gasteiger partial charge in [0, 0.05) is 25.3 Å². The molecule has 240 valence electrons. The third kappa shape index (κ3) is 7.25. The van der Waals surface area contributed by atoms with Gasteiger partial charge in [0.15, 0.2) is 11.0 Å². The second-order valence-corrected chi connectivity index (χ2v) is 11.5. The molecule has 0 aliphatic carbocycles. The number of nitrogens with one attached hydrogen (secondary N) is 1. The SMILES string of the molecule is COc1cc(-c2ncn(-c3ccc(OC(F)(F)F)cc3)n2)ccc1NC(=O)/N=C1\SCC(=O)N1c1cc(N(C)C)ccc1C(C)C. The summed E-state index contributed by atoms with van der Waals surface area (Å²) in [5, 5.41) is 7.40. The number of nitrogens with zero attached hydrogens (tertiary/aromatic N) is 6. The van der Waals surface area contributed by atoms with Crippen LogP contribution in [0.15, 0.2) is 72.0 Å². The number of aliphatic imine (C=N–C) groups is 1. The summed E-state index contributed by atoms with van der Waals surface area (Å²) in [5.41, 5.74) is 3.90. The lowest BCUT2D eigenvalue weighted by molar-refractivity contribution is -0.274. The summed E-state index contributed by atoms with van der Waals surface area (Å²) in [6, 6.07) is 15.3. The van der Waals surface area contributed by atoms with E-state index in [2.05, 4.69) is 25.1 Å². The maximum atomic E-state index is 13.1. The normalized spacial score (nSPS) is 14.2. The minimum atomic E-state index is -4.79. The second-order valence-electron chi connectivity index (χ2n) is 10.6. The monoisotopic (exact) mass is 653 g/mol. The highest BCUT2D eigenvalue weighted by Crippen LogP contribution is 2.36. The van der Waals surface area contributed by atoms with Gasteiger partial charge in [-0.2, -0.15) is 4.99 Å². The first-order chi connectivity index (χ1) is 21.8. The predicted octanol–water partition coefficient (Wildman–Crippen LogP) is 6.70. The zero-order chi connectivity index (χ0) is 33.2. The van der Waals surface area contributed by atoms with Gasteiger partial charge in [-0.05, 0) is 66.1 Å². The molecule has 1 fully saturated rings. The molecule has 1 aromatic heterocycles. The summed E-state index contributed by atoms with van der Waals surface area (Å²) >= 11 is 1.19. The number of urea groups is 1. The number of hydrogen-bond donors (Lipinski definition) is 1. The molecule has 3 amide bonds. The van der Waals surface area contributed by atoms with E-state index in [9.17, 15) is 22.8 Å². The maximum Gasteiger partial charge on any atom is 0.573 e. The Morgan fingerprint density at radius 3 is 2.48 bits per heavy atom. The Kier molecular flexibility index (Phi) is 9.23. The van der Waals surface area contributed by atoms with Crippen LogP contribution in [-0.4, -0.2) is 65.2 Å². The number of alkyl halides is 3. The van der Waals surface area contributed by atoms with Gasteiger partial charge in [-0.1, -0.05) is 31.7 Å². The van der Waals surface area contributed by atoms with E-state index in [-0.39, 0.29) is 28.5 Å². The minimum absolute atomic E-state index is 0.127. The highest BCUT2D eigenvalue weighted by atomic mass is 32.2. The van der Waals surface area contributed by atoms with Gasteiger partial charge < -0.3 is 19.7 Å². The fourth-order valence-corrected chi connectivity index (χ4v) is 5.52. The van der Waals surface area contributed by atoms with Crippen molar-refractivity contribution in [3.8, 4) is 28.6 Å². The standard InChI is InChI=1S/C31H30F3N7O4S/c1-18(2)23-12-9-21(39(3)4)15-25(23)41-27(42)16-46-30(41)37-29(43)36-24-13-6-19(14-26(24)44-5)28-35-17-40(38-28)20-7-10-22(11-8-20)45-31(32,33)34/h6-15,17-18H,16H2,1-5H3,(H,36,43)/b37-30-. The number of carbonyl (C=O) groups excluding carboxylic acids is 2. The number of benzene rings is 3. The molecule has 0 unspecified atom stereocenters. The average Bonchev–Trinajstić information content (AvgIpc) is 3.63. The molecule has 4 aromatic rings. The molecule has 0 atom stereocenters. The molecule has 46 heavy (non-hydrogen) atoms. The highest BCUT2D eigenvalue weighted by molar-refractivity contribution is 8.15. The predicted molar refractivity (Wildman–Crippen MR) is 171 cm³/mol. The summed E-state index contributed by atoms with van der Waals surface area (Å²) in [6.45, 7) is 4.07. The molecule has 0 radical (unpaired) electrons. The van der Waals surface area contributed by atoms with Crippen molar-refractivity contribution in [3.63, 3.8) is 0 Å². The maximum absolute atomic E-state index is 13.1. The lowest BCUT2D eigenvalue weighted by Gasteiger charge is -2.24. The Balaban J connectivity index is 1.35. The van der Waals surface area contributed by atoms with Gasteiger partial charge in [0.1, 0.15) is 17.8 Å². The van der Waals surface area contributed by atoms with E-state index in [1.165, 1.54) is 59.0 Å². The van der Waals surface area contributed by atoms with Gasteiger partial charge >= 0.3 is 12.4 Å². The van der Waals surface area contributed by atoms with Gasteiger partial charge in [0.05, 0.1) is 29.9 Å². The molecule has 0 bridgehead atoms. The van der Waals surface area contributed by atoms with Crippen LogP contribution >= 0.6 is 11.8 Å².